The standard InChI is InChI=1S/C26H40N4O7.C19H32N2O6/c1-24(2)34-19-14-33-26(22(21(19)35-24)36-25(3,4)37-26)15-29-23(32)16-7-9-17(10-8-16)28-13-20(31)30-11-5-6-18(30)12-27;1-17(2)24-13-9-23-19(15(14(13)25-17)26-18(3,4)27-19)10-21-16(22)11-5-7-12(20)8-6-11/h16-19,21-22,28H,5-11,13-15H2,1-4H3,(H,29,32);11-15H,5-10,20H2,1-4H3,(H,21,22)/t16?,17?,18-,19+,21+,22-,26-;11?,12?,13-,14-,15+,19+/m01/s1. The van der Waals surface area contributed by atoms with E-state index in [2.05, 4.69) is 22.0 Å². The Morgan fingerprint density at radius 2 is 1.11 bits per heavy atom. The van der Waals surface area contributed by atoms with Crippen LogP contribution in [0.4, 0.5) is 0 Å². The van der Waals surface area contributed by atoms with Gasteiger partial charge in [-0.05, 0) is 120 Å². The molecule has 0 aromatic carbocycles. The van der Waals surface area contributed by atoms with Gasteiger partial charge < -0.3 is 74.0 Å². The zero-order valence-electron chi connectivity index (χ0n) is 38.9. The van der Waals surface area contributed by atoms with Gasteiger partial charge in [0.1, 0.15) is 42.7 Å². The average molecular weight is 905 g/mol. The fourth-order valence-corrected chi connectivity index (χ4v) is 11.1. The van der Waals surface area contributed by atoms with Crippen molar-refractivity contribution >= 4 is 17.7 Å². The van der Waals surface area contributed by atoms with Gasteiger partial charge in [-0.3, -0.25) is 14.4 Å². The van der Waals surface area contributed by atoms with Crippen molar-refractivity contribution in [2.45, 2.75) is 209 Å². The highest BCUT2D eigenvalue weighted by Crippen LogP contribution is 2.49. The molecular weight excluding hydrogens is 833 g/mol. The van der Waals surface area contributed by atoms with Crippen LogP contribution < -0.4 is 21.7 Å². The van der Waals surface area contributed by atoms with E-state index < -0.39 is 46.9 Å². The molecule has 64 heavy (non-hydrogen) atoms. The van der Waals surface area contributed by atoms with Crippen LogP contribution in [0.25, 0.3) is 0 Å². The van der Waals surface area contributed by atoms with Crippen molar-refractivity contribution in [2.75, 3.05) is 39.4 Å². The molecule has 0 unspecified atom stereocenters. The number of carbonyl (C=O) groups is 3. The van der Waals surface area contributed by atoms with E-state index in [9.17, 15) is 19.6 Å². The van der Waals surface area contributed by atoms with Crippen LogP contribution in [0.2, 0.25) is 0 Å². The van der Waals surface area contributed by atoms with E-state index in [0.717, 1.165) is 64.2 Å². The minimum atomic E-state index is -1.14. The second-order valence-electron chi connectivity index (χ2n) is 21.0. The zero-order chi connectivity index (χ0) is 45.9. The van der Waals surface area contributed by atoms with Gasteiger partial charge >= 0.3 is 0 Å². The second kappa shape index (κ2) is 18.1. The Morgan fingerprint density at radius 1 is 0.641 bits per heavy atom. The predicted octanol–water partition coefficient (Wildman–Crippen LogP) is 2.18. The number of nitrogens with one attached hydrogen (secondary N) is 3. The molecule has 9 aliphatic rings. The summed E-state index contributed by atoms with van der Waals surface area (Å²) >= 11 is 0. The van der Waals surface area contributed by atoms with Gasteiger partial charge in [0, 0.05) is 30.5 Å². The Morgan fingerprint density at radius 3 is 1.58 bits per heavy atom. The number of nitrogens with zero attached hydrogens (tertiary/aromatic N) is 2. The van der Waals surface area contributed by atoms with E-state index in [0.29, 0.717) is 19.8 Å². The first-order valence-electron chi connectivity index (χ1n) is 23.6. The SMILES string of the molecule is CC1(C)O[C@@H]2[C@@H](CO[C@@]3(CNC(=O)C4CCC(N)CC4)OC(C)(C)O[C@@H]23)O1.CC1(C)O[C@@H]2[C@@H](CO[C@@]3(CNC(=O)C4CCC(NCC(=O)N5CCC[C@H]5C#N)CC4)OC(C)(C)O[C@@H]23)O1. The molecule has 7 saturated heterocycles. The van der Waals surface area contributed by atoms with Gasteiger partial charge in [0.15, 0.2) is 23.1 Å². The smallest absolute Gasteiger partial charge is 0.237 e. The molecule has 0 aromatic rings. The van der Waals surface area contributed by atoms with Crippen molar-refractivity contribution in [2.24, 2.45) is 17.6 Å². The number of hydrogen-bond donors (Lipinski definition) is 4. The van der Waals surface area contributed by atoms with Crippen LogP contribution >= 0.6 is 0 Å². The van der Waals surface area contributed by atoms with Crippen molar-refractivity contribution in [3.63, 3.8) is 0 Å². The Bertz CT molecular complexity index is 1760. The normalized spacial score (nSPS) is 42.2. The molecule has 7 heterocycles. The number of carbonyl (C=O) groups excluding carboxylic acids is 3. The van der Waals surface area contributed by atoms with E-state index >= 15 is 0 Å². The minimum Gasteiger partial charge on any atom is -0.350 e. The zero-order valence-corrected chi connectivity index (χ0v) is 38.9. The predicted molar refractivity (Wildman–Crippen MR) is 225 cm³/mol. The average Bonchev–Trinajstić information content (AvgIpc) is 4.04. The highest BCUT2D eigenvalue weighted by atomic mass is 16.9. The Kier molecular flexibility index (Phi) is 13.6. The van der Waals surface area contributed by atoms with Gasteiger partial charge in [0.2, 0.25) is 29.3 Å². The molecule has 0 bridgehead atoms. The largest absolute Gasteiger partial charge is 0.350 e. The van der Waals surface area contributed by atoms with E-state index in [1.54, 1.807) is 4.90 Å². The molecule has 5 N–H and O–H groups in total. The Labute approximate surface area is 377 Å². The highest BCUT2D eigenvalue weighted by Gasteiger charge is 2.67. The fourth-order valence-electron chi connectivity index (χ4n) is 11.1. The summed E-state index contributed by atoms with van der Waals surface area (Å²) in [7, 11) is 0. The lowest BCUT2D eigenvalue weighted by atomic mass is 9.85. The van der Waals surface area contributed by atoms with Gasteiger partial charge in [-0.15, -0.1) is 0 Å². The number of nitrogens with two attached hydrogens (primary N) is 1. The third-order valence-electron chi connectivity index (χ3n) is 14.1. The van der Waals surface area contributed by atoms with Crippen LogP contribution in [-0.2, 0) is 61.8 Å². The molecule has 19 nitrogen and oxygen atoms in total. The lowest BCUT2D eigenvalue weighted by Crippen LogP contribution is -2.63. The van der Waals surface area contributed by atoms with Crippen LogP contribution in [0, 0.1) is 23.2 Å². The summed E-state index contributed by atoms with van der Waals surface area (Å²) in [5.74, 6) is -5.51. The molecule has 3 amide bonds. The minimum absolute atomic E-state index is 0.00341. The summed E-state index contributed by atoms with van der Waals surface area (Å²) in [5.41, 5.74) is 5.94. The van der Waals surface area contributed by atoms with Crippen LogP contribution in [0.5, 0.6) is 0 Å². The van der Waals surface area contributed by atoms with Crippen molar-refractivity contribution in [1.82, 2.24) is 20.9 Å². The Balaban J connectivity index is 0.000000184. The number of likely N-dealkylation sites (tertiary alicyclic amines) is 1. The first-order valence-corrected chi connectivity index (χ1v) is 23.6. The molecule has 2 aliphatic carbocycles. The molecule has 9 fully saturated rings. The van der Waals surface area contributed by atoms with Gasteiger partial charge in [-0.25, -0.2) is 0 Å². The summed E-state index contributed by atoms with van der Waals surface area (Å²) in [4.78, 5) is 39.9. The number of ether oxygens (including phenoxy) is 10. The molecular formula is C45H72N6O13. The van der Waals surface area contributed by atoms with Gasteiger partial charge in [0.05, 0.1) is 38.9 Å². The summed E-state index contributed by atoms with van der Waals surface area (Å²) in [6.07, 6.45) is 6.01. The lowest BCUT2D eigenvalue weighted by Gasteiger charge is -2.41. The van der Waals surface area contributed by atoms with E-state index in [1.807, 2.05) is 55.4 Å². The first-order chi connectivity index (χ1) is 30.1. The third kappa shape index (κ3) is 10.3. The maximum Gasteiger partial charge on any atom is 0.237 e. The molecule has 7 aliphatic heterocycles. The number of nitriles is 1. The van der Waals surface area contributed by atoms with Crippen molar-refractivity contribution in [3.05, 3.63) is 0 Å². The Hall–Kier alpha value is -2.58. The number of fused-ring (bicyclic) bond motifs is 6. The molecule has 360 valence electrons. The first kappa shape index (κ1) is 47.9. The molecule has 0 spiro atoms. The number of hydrogen-bond acceptors (Lipinski definition) is 16. The maximum absolute atomic E-state index is 13.1. The van der Waals surface area contributed by atoms with Gasteiger partial charge in [-0.1, -0.05) is 0 Å². The lowest BCUT2D eigenvalue weighted by molar-refractivity contribution is -0.277. The summed E-state index contributed by atoms with van der Waals surface area (Å²) in [6.45, 7) is 16.7. The van der Waals surface area contributed by atoms with Crippen molar-refractivity contribution in [3.8, 4) is 6.07 Å². The summed E-state index contributed by atoms with van der Waals surface area (Å²) < 4.78 is 61.1. The molecule has 9 rings (SSSR count). The molecule has 9 atom stereocenters. The third-order valence-corrected chi connectivity index (χ3v) is 14.1. The van der Waals surface area contributed by atoms with E-state index in [-0.39, 0.29) is 91.7 Å². The van der Waals surface area contributed by atoms with Gasteiger partial charge in [0.25, 0.3) is 0 Å². The van der Waals surface area contributed by atoms with E-state index in [4.69, 9.17) is 53.1 Å². The van der Waals surface area contributed by atoms with Crippen molar-refractivity contribution < 1.29 is 61.8 Å². The van der Waals surface area contributed by atoms with Crippen LogP contribution in [0.1, 0.15) is 120 Å². The maximum atomic E-state index is 13.1. The van der Waals surface area contributed by atoms with E-state index in [1.165, 1.54) is 0 Å². The quantitative estimate of drug-likeness (QED) is 0.260. The number of amides is 3. The summed E-state index contributed by atoms with van der Waals surface area (Å²) in [5, 5.41) is 18.6. The number of rotatable bonds is 9. The van der Waals surface area contributed by atoms with Crippen LogP contribution in [-0.4, -0.2) is 151 Å². The van der Waals surface area contributed by atoms with Crippen LogP contribution in [0.3, 0.4) is 0 Å². The van der Waals surface area contributed by atoms with Gasteiger partial charge in [-0.2, -0.15) is 5.26 Å². The molecule has 19 heteroatoms. The molecule has 2 saturated carbocycles. The fraction of sp³-hybridized carbons (Fsp3) is 0.911. The molecule has 0 radical (unpaired) electrons. The second-order valence-corrected chi connectivity index (χ2v) is 21.0. The van der Waals surface area contributed by atoms with Crippen molar-refractivity contribution in [1.29, 1.82) is 5.26 Å². The highest BCUT2D eigenvalue weighted by molar-refractivity contribution is 5.80. The molecule has 0 aromatic heterocycles. The monoisotopic (exact) mass is 905 g/mol. The van der Waals surface area contributed by atoms with Crippen LogP contribution in [0.15, 0.2) is 0 Å². The summed E-state index contributed by atoms with van der Waals surface area (Å²) in [6, 6.07) is 2.31. The topological polar surface area (TPSA) is 233 Å².